The highest BCUT2D eigenvalue weighted by Crippen LogP contribution is 2.43. The fourth-order valence-corrected chi connectivity index (χ4v) is 2.55. The van der Waals surface area contributed by atoms with Crippen LogP contribution in [0.25, 0.3) is 10.8 Å². The van der Waals surface area contributed by atoms with Gasteiger partial charge in [0, 0.05) is 5.41 Å². The molecule has 0 unspecified atom stereocenters. The Morgan fingerprint density at radius 2 is 1.88 bits per heavy atom. The normalized spacial score (nSPS) is 16.4. The first-order chi connectivity index (χ1) is 8.14. The Bertz CT molecular complexity index is 688. The molecule has 82 valence electrons. The van der Waals surface area contributed by atoms with E-state index in [4.69, 9.17) is 5.26 Å². The summed E-state index contributed by atoms with van der Waals surface area (Å²) in [5, 5.41) is 11.6. The second-order valence-electron chi connectivity index (χ2n) is 4.88. The third kappa shape index (κ3) is 1.23. The summed E-state index contributed by atoms with van der Waals surface area (Å²) in [6, 6.07) is 14.5. The van der Waals surface area contributed by atoms with Crippen molar-refractivity contribution in [2.45, 2.75) is 19.3 Å². The second-order valence-corrected chi connectivity index (χ2v) is 4.88. The Balaban J connectivity index is 2.42. The molecule has 0 fully saturated rings. The topological polar surface area (TPSA) is 36.1 Å². The molecule has 0 amide bonds. The van der Waals surface area contributed by atoms with E-state index in [1.54, 1.807) is 0 Å². The molecule has 2 heteroatoms. The zero-order valence-electron chi connectivity index (χ0n) is 9.86. The van der Waals surface area contributed by atoms with Crippen molar-refractivity contribution >= 4 is 22.2 Å². The van der Waals surface area contributed by atoms with Gasteiger partial charge in [0.25, 0.3) is 0 Å². The Kier molecular flexibility index (Phi) is 1.88. The molecule has 0 radical (unpaired) electrons. The van der Waals surface area contributed by atoms with Gasteiger partial charge in [-0.1, -0.05) is 30.3 Å². The van der Waals surface area contributed by atoms with Crippen LogP contribution in [-0.2, 0) is 5.41 Å². The third-order valence-corrected chi connectivity index (χ3v) is 3.46. The maximum Gasteiger partial charge on any atom is 0.128 e. The summed E-state index contributed by atoms with van der Waals surface area (Å²) < 4.78 is 0. The summed E-state index contributed by atoms with van der Waals surface area (Å²) >= 11 is 0. The lowest BCUT2D eigenvalue weighted by Gasteiger charge is -2.20. The standard InChI is InChI=1S/C15H12N2/c1-15(2)13(9-16)17-12-8-7-10-5-3-4-6-11(10)14(12)15/h3-8H,1-2H3. The van der Waals surface area contributed by atoms with Gasteiger partial charge in [-0.05, 0) is 36.2 Å². The summed E-state index contributed by atoms with van der Waals surface area (Å²) in [6.45, 7) is 4.13. The second kappa shape index (κ2) is 3.18. The quantitative estimate of drug-likeness (QED) is 0.666. The molecule has 0 N–H and O–H groups in total. The monoisotopic (exact) mass is 220 g/mol. The zero-order valence-corrected chi connectivity index (χ0v) is 9.86. The number of nitrogens with zero attached hydrogens (tertiary/aromatic N) is 2. The zero-order chi connectivity index (χ0) is 12.0. The molecule has 0 aliphatic carbocycles. The van der Waals surface area contributed by atoms with Gasteiger partial charge in [-0.3, -0.25) is 0 Å². The lowest BCUT2D eigenvalue weighted by atomic mass is 9.79. The highest BCUT2D eigenvalue weighted by molar-refractivity contribution is 6.14. The van der Waals surface area contributed by atoms with E-state index in [0.29, 0.717) is 5.71 Å². The van der Waals surface area contributed by atoms with Gasteiger partial charge < -0.3 is 0 Å². The Hall–Kier alpha value is -2.14. The van der Waals surface area contributed by atoms with Crippen LogP contribution in [0.2, 0.25) is 0 Å². The van der Waals surface area contributed by atoms with E-state index in [1.807, 2.05) is 18.2 Å². The minimum atomic E-state index is -0.287. The summed E-state index contributed by atoms with van der Waals surface area (Å²) in [5.41, 5.74) is 2.42. The molecule has 1 heterocycles. The molecule has 0 bridgehead atoms. The number of hydrogen-bond acceptors (Lipinski definition) is 2. The van der Waals surface area contributed by atoms with Gasteiger partial charge in [-0.2, -0.15) is 5.26 Å². The summed E-state index contributed by atoms with van der Waals surface area (Å²) in [6.07, 6.45) is 0. The number of aliphatic imine (C=N–C) groups is 1. The van der Waals surface area contributed by atoms with Crippen LogP contribution in [0.4, 0.5) is 5.69 Å². The highest BCUT2D eigenvalue weighted by Gasteiger charge is 2.36. The van der Waals surface area contributed by atoms with Crippen molar-refractivity contribution in [3.05, 3.63) is 42.0 Å². The van der Waals surface area contributed by atoms with Gasteiger partial charge in [-0.15, -0.1) is 0 Å². The van der Waals surface area contributed by atoms with E-state index >= 15 is 0 Å². The molecule has 3 rings (SSSR count). The van der Waals surface area contributed by atoms with E-state index in [1.165, 1.54) is 16.3 Å². The van der Waals surface area contributed by atoms with Crippen LogP contribution in [0.5, 0.6) is 0 Å². The minimum Gasteiger partial charge on any atom is -0.241 e. The van der Waals surface area contributed by atoms with Crippen LogP contribution in [0, 0.1) is 11.3 Å². The Morgan fingerprint density at radius 1 is 1.12 bits per heavy atom. The molecule has 0 saturated heterocycles. The molecule has 17 heavy (non-hydrogen) atoms. The van der Waals surface area contributed by atoms with Crippen LogP contribution < -0.4 is 0 Å². The van der Waals surface area contributed by atoms with Gasteiger partial charge in [0.1, 0.15) is 11.8 Å². The first kappa shape index (κ1) is 10.0. The van der Waals surface area contributed by atoms with Crippen molar-refractivity contribution in [3.8, 4) is 6.07 Å². The lowest BCUT2D eigenvalue weighted by Crippen LogP contribution is -2.24. The first-order valence-electron chi connectivity index (χ1n) is 5.66. The van der Waals surface area contributed by atoms with Gasteiger partial charge in [0.2, 0.25) is 0 Å². The van der Waals surface area contributed by atoms with Crippen LogP contribution in [0.1, 0.15) is 19.4 Å². The Morgan fingerprint density at radius 3 is 2.65 bits per heavy atom. The van der Waals surface area contributed by atoms with Crippen molar-refractivity contribution in [1.82, 2.24) is 0 Å². The molecular weight excluding hydrogens is 208 g/mol. The van der Waals surface area contributed by atoms with Crippen LogP contribution in [0.3, 0.4) is 0 Å². The van der Waals surface area contributed by atoms with Crippen molar-refractivity contribution in [1.29, 1.82) is 5.26 Å². The summed E-state index contributed by atoms with van der Waals surface area (Å²) in [5.74, 6) is 0. The molecular formula is C15H12N2. The Labute approximate surface area is 100 Å². The van der Waals surface area contributed by atoms with Gasteiger partial charge in [0.15, 0.2) is 0 Å². The molecule has 2 nitrogen and oxygen atoms in total. The van der Waals surface area contributed by atoms with Gasteiger partial charge in [0.05, 0.1) is 5.69 Å². The van der Waals surface area contributed by atoms with Crippen molar-refractivity contribution in [3.63, 3.8) is 0 Å². The minimum absolute atomic E-state index is 0.287. The maximum absolute atomic E-state index is 9.17. The van der Waals surface area contributed by atoms with Crippen LogP contribution in [0.15, 0.2) is 41.4 Å². The maximum atomic E-state index is 9.17. The molecule has 0 spiro atoms. The number of fused-ring (bicyclic) bond motifs is 3. The molecule has 2 aromatic rings. The average molecular weight is 220 g/mol. The van der Waals surface area contributed by atoms with E-state index in [-0.39, 0.29) is 5.41 Å². The van der Waals surface area contributed by atoms with Crippen LogP contribution in [-0.4, -0.2) is 5.71 Å². The number of hydrogen-bond donors (Lipinski definition) is 0. The third-order valence-electron chi connectivity index (χ3n) is 3.46. The van der Waals surface area contributed by atoms with Gasteiger partial charge >= 0.3 is 0 Å². The highest BCUT2D eigenvalue weighted by atomic mass is 14.8. The number of nitriles is 1. The fourth-order valence-electron chi connectivity index (χ4n) is 2.55. The smallest absolute Gasteiger partial charge is 0.128 e. The van der Waals surface area contributed by atoms with E-state index < -0.39 is 0 Å². The van der Waals surface area contributed by atoms with Crippen molar-refractivity contribution in [2.24, 2.45) is 4.99 Å². The molecule has 2 aromatic carbocycles. The SMILES string of the molecule is CC1(C)C(C#N)=Nc2ccc3ccccc3c21. The first-order valence-corrected chi connectivity index (χ1v) is 5.66. The van der Waals surface area contributed by atoms with Gasteiger partial charge in [-0.25, -0.2) is 4.99 Å². The summed E-state index contributed by atoms with van der Waals surface area (Å²) in [4.78, 5) is 4.43. The predicted octanol–water partition coefficient (Wildman–Crippen LogP) is 3.73. The molecule has 0 atom stereocenters. The van der Waals surface area contributed by atoms with Crippen molar-refractivity contribution < 1.29 is 0 Å². The number of rotatable bonds is 0. The predicted molar refractivity (Wildman–Crippen MR) is 69.7 cm³/mol. The summed E-state index contributed by atoms with van der Waals surface area (Å²) in [7, 11) is 0. The van der Waals surface area contributed by atoms with Crippen molar-refractivity contribution in [2.75, 3.05) is 0 Å². The molecule has 1 aliphatic rings. The largest absolute Gasteiger partial charge is 0.241 e. The number of benzene rings is 2. The van der Waals surface area contributed by atoms with E-state index in [0.717, 1.165) is 5.69 Å². The average Bonchev–Trinajstić information content (AvgIpc) is 2.61. The van der Waals surface area contributed by atoms with Crippen LogP contribution >= 0.6 is 0 Å². The fraction of sp³-hybridized carbons (Fsp3) is 0.200. The molecule has 1 aliphatic heterocycles. The molecule has 0 aromatic heterocycles. The lowest BCUT2D eigenvalue weighted by molar-refractivity contribution is 0.748. The van der Waals surface area contributed by atoms with E-state index in [2.05, 4.69) is 43.1 Å². The van der Waals surface area contributed by atoms with E-state index in [9.17, 15) is 0 Å². The molecule has 0 saturated carbocycles.